The number of hydrogen-bond donors (Lipinski definition) is 0. The normalized spacial score (nSPS) is 12.1. The highest BCUT2D eigenvalue weighted by Crippen LogP contribution is 2.42. The number of anilines is 3. The lowest BCUT2D eigenvalue weighted by molar-refractivity contribution is 1.20. The highest BCUT2D eigenvalue weighted by molar-refractivity contribution is 6.67. The van der Waals surface area contributed by atoms with Gasteiger partial charge in [-0.25, -0.2) is 0 Å². The smallest absolute Gasteiger partial charge is 0.216 e. The van der Waals surface area contributed by atoms with E-state index in [1.807, 2.05) is 54.6 Å². The first kappa shape index (κ1) is 20.9. The zero-order valence-electron chi connectivity index (χ0n) is 13.7. The van der Waals surface area contributed by atoms with Gasteiger partial charge in [0.1, 0.15) is 0 Å². The maximum absolute atomic E-state index is 5.96. The van der Waals surface area contributed by atoms with Crippen molar-refractivity contribution in [2.75, 3.05) is 4.90 Å². The van der Waals surface area contributed by atoms with Gasteiger partial charge in [-0.05, 0) is 36.4 Å². The van der Waals surface area contributed by atoms with Crippen LogP contribution in [0.15, 0.2) is 78.9 Å². The summed E-state index contributed by atoms with van der Waals surface area (Å²) in [5.41, 5.74) is 3.97. The fraction of sp³-hybridized carbons (Fsp3) is 0.100. The molecule has 0 aliphatic rings. The molecule has 7 heteroatoms. The molecule has 0 spiro atoms. The maximum Gasteiger partial charge on any atom is 0.216 e. The molecule has 0 saturated carbocycles. The molecule has 0 fully saturated rings. The zero-order chi connectivity index (χ0) is 19.7. The summed E-state index contributed by atoms with van der Waals surface area (Å²) < 4.78 is -2.94. The molecule has 0 saturated heterocycles. The number of hydrogen-bond acceptors (Lipinski definition) is 1. The molecule has 3 aromatic carbocycles. The van der Waals surface area contributed by atoms with E-state index in [4.69, 9.17) is 69.6 Å². The number of alkyl halides is 6. The van der Waals surface area contributed by atoms with Gasteiger partial charge in [0.2, 0.25) is 7.59 Å². The quantitative estimate of drug-likeness (QED) is 0.339. The minimum absolute atomic E-state index is 0.593. The van der Waals surface area contributed by atoms with E-state index in [-0.39, 0.29) is 0 Å². The van der Waals surface area contributed by atoms with Crippen molar-refractivity contribution < 1.29 is 0 Å². The average molecular weight is 480 g/mol. The molecule has 3 rings (SSSR count). The predicted molar refractivity (Wildman–Crippen MR) is 120 cm³/mol. The standard InChI is InChI=1S/C20H13Cl6N/c21-19(22,23)14-6-10-17(11-7-14)27(16-4-2-1-3-5-16)18-12-8-15(9-13-18)20(24,25)26/h1-13H. The van der Waals surface area contributed by atoms with Crippen LogP contribution in [0.1, 0.15) is 11.1 Å². The number of benzene rings is 3. The lowest BCUT2D eigenvalue weighted by Crippen LogP contribution is -2.11. The third kappa shape index (κ3) is 5.17. The first-order valence-electron chi connectivity index (χ1n) is 7.86. The lowest BCUT2D eigenvalue weighted by Gasteiger charge is -2.26. The molecule has 0 amide bonds. The first-order chi connectivity index (χ1) is 12.7. The molecule has 0 bridgehead atoms. The number of nitrogens with zero attached hydrogens (tertiary/aromatic N) is 1. The third-order valence-electron chi connectivity index (χ3n) is 3.92. The van der Waals surface area contributed by atoms with Crippen molar-refractivity contribution in [3.8, 4) is 0 Å². The van der Waals surface area contributed by atoms with Gasteiger partial charge in [-0.2, -0.15) is 0 Å². The Morgan fingerprint density at radius 1 is 0.444 bits per heavy atom. The van der Waals surface area contributed by atoms with Crippen molar-refractivity contribution in [1.29, 1.82) is 0 Å². The van der Waals surface area contributed by atoms with E-state index < -0.39 is 7.59 Å². The molecule has 0 heterocycles. The van der Waals surface area contributed by atoms with Gasteiger partial charge in [0.15, 0.2) is 0 Å². The van der Waals surface area contributed by atoms with Gasteiger partial charge in [0.25, 0.3) is 0 Å². The van der Waals surface area contributed by atoms with Gasteiger partial charge in [-0.1, -0.05) is 112 Å². The van der Waals surface area contributed by atoms with Gasteiger partial charge in [0, 0.05) is 28.2 Å². The largest absolute Gasteiger partial charge is 0.311 e. The van der Waals surface area contributed by atoms with E-state index in [0.717, 1.165) is 17.1 Å². The number of halogens is 6. The van der Waals surface area contributed by atoms with Crippen molar-refractivity contribution in [3.05, 3.63) is 90.0 Å². The molecule has 27 heavy (non-hydrogen) atoms. The van der Waals surface area contributed by atoms with Crippen molar-refractivity contribution >= 4 is 86.7 Å². The van der Waals surface area contributed by atoms with E-state index in [2.05, 4.69) is 4.90 Å². The van der Waals surface area contributed by atoms with Gasteiger partial charge in [-0.3, -0.25) is 0 Å². The van der Waals surface area contributed by atoms with Crippen LogP contribution in [-0.2, 0) is 7.59 Å². The van der Waals surface area contributed by atoms with Crippen molar-refractivity contribution in [1.82, 2.24) is 0 Å². The lowest BCUT2D eigenvalue weighted by atomic mass is 10.1. The molecule has 3 aromatic rings. The minimum atomic E-state index is -1.47. The summed E-state index contributed by atoms with van der Waals surface area (Å²) in [6.45, 7) is 0. The fourth-order valence-electron chi connectivity index (χ4n) is 2.62. The summed E-state index contributed by atoms with van der Waals surface area (Å²) in [5, 5.41) is 0. The highest BCUT2D eigenvalue weighted by atomic mass is 35.6. The number of rotatable bonds is 3. The zero-order valence-corrected chi connectivity index (χ0v) is 18.3. The van der Waals surface area contributed by atoms with E-state index in [1.165, 1.54) is 0 Å². The van der Waals surface area contributed by atoms with E-state index in [0.29, 0.717) is 11.1 Å². The summed E-state index contributed by atoms with van der Waals surface area (Å²) in [5.74, 6) is 0. The van der Waals surface area contributed by atoms with Gasteiger partial charge in [0.05, 0.1) is 0 Å². The summed E-state index contributed by atoms with van der Waals surface area (Å²) in [4.78, 5) is 2.06. The molecule has 0 radical (unpaired) electrons. The topological polar surface area (TPSA) is 3.24 Å². The van der Waals surface area contributed by atoms with Crippen LogP contribution in [0.3, 0.4) is 0 Å². The van der Waals surface area contributed by atoms with Crippen molar-refractivity contribution in [3.63, 3.8) is 0 Å². The van der Waals surface area contributed by atoms with Crippen molar-refractivity contribution in [2.24, 2.45) is 0 Å². The first-order valence-corrected chi connectivity index (χ1v) is 10.1. The monoisotopic (exact) mass is 477 g/mol. The molecular weight excluding hydrogens is 467 g/mol. The Morgan fingerprint density at radius 2 is 0.778 bits per heavy atom. The predicted octanol–water partition coefficient (Wildman–Crippen LogP) is 8.81. The summed E-state index contributed by atoms with van der Waals surface area (Å²) in [6.07, 6.45) is 0. The third-order valence-corrected chi connectivity index (χ3v) is 5.23. The van der Waals surface area contributed by atoms with E-state index in [9.17, 15) is 0 Å². The van der Waals surface area contributed by atoms with E-state index >= 15 is 0 Å². The number of para-hydroxylation sites is 1. The Morgan fingerprint density at radius 3 is 1.11 bits per heavy atom. The summed E-state index contributed by atoms with van der Waals surface area (Å²) in [6, 6.07) is 24.6. The van der Waals surface area contributed by atoms with Gasteiger partial charge >= 0.3 is 0 Å². The maximum atomic E-state index is 5.96. The second kappa shape index (κ2) is 8.29. The summed E-state index contributed by atoms with van der Waals surface area (Å²) >= 11 is 35.8. The molecule has 0 unspecified atom stereocenters. The molecule has 0 aromatic heterocycles. The van der Waals surface area contributed by atoms with Crippen LogP contribution in [0.4, 0.5) is 17.1 Å². The second-order valence-corrected chi connectivity index (χ2v) is 10.3. The fourth-order valence-corrected chi connectivity index (χ4v) is 3.38. The SMILES string of the molecule is ClC(Cl)(Cl)c1ccc(N(c2ccccc2)c2ccc(C(Cl)(Cl)Cl)cc2)cc1. The van der Waals surface area contributed by atoms with Gasteiger partial charge < -0.3 is 4.90 Å². The van der Waals surface area contributed by atoms with Crippen LogP contribution in [0.5, 0.6) is 0 Å². The molecule has 1 nitrogen and oxygen atoms in total. The Labute approximate surface area is 188 Å². The van der Waals surface area contributed by atoms with Crippen LogP contribution in [0, 0.1) is 0 Å². The van der Waals surface area contributed by atoms with Crippen LogP contribution < -0.4 is 4.90 Å². The van der Waals surface area contributed by atoms with Crippen LogP contribution >= 0.6 is 69.6 Å². The molecule has 140 valence electrons. The molecule has 0 aliphatic carbocycles. The minimum Gasteiger partial charge on any atom is -0.311 e. The van der Waals surface area contributed by atoms with Crippen molar-refractivity contribution in [2.45, 2.75) is 7.59 Å². The van der Waals surface area contributed by atoms with Gasteiger partial charge in [-0.15, -0.1) is 0 Å². The highest BCUT2D eigenvalue weighted by Gasteiger charge is 2.24. The van der Waals surface area contributed by atoms with Crippen LogP contribution in [0.2, 0.25) is 0 Å². The molecular formula is C20H13Cl6N. The Kier molecular flexibility index (Phi) is 6.42. The Hall–Kier alpha value is -0.800. The Bertz CT molecular complexity index is 824. The van der Waals surface area contributed by atoms with Crippen LogP contribution in [-0.4, -0.2) is 0 Å². The molecule has 0 N–H and O–H groups in total. The van der Waals surface area contributed by atoms with E-state index in [1.54, 1.807) is 24.3 Å². The second-order valence-electron chi connectivity index (χ2n) is 5.76. The summed E-state index contributed by atoms with van der Waals surface area (Å²) in [7, 11) is 0. The molecule has 0 aliphatic heterocycles. The molecule has 0 atom stereocenters. The van der Waals surface area contributed by atoms with Crippen LogP contribution in [0.25, 0.3) is 0 Å². The average Bonchev–Trinajstić information content (AvgIpc) is 2.62. The Balaban J connectivity index is 2.05.